The van der Waals surface area contributed by atoms with Gasteiger partial charge in [-0.15, -0.1) is 0 Å². The Kier molecular flexibility index (Phi) is 3.99. The van der Waals surface area contributed by atoms with Crippen molar-refractivity contribution in [2.75, 3.05) is 20.3 Å². The second-order valence-corrected chi connectivity index (χ2v) is 4.12. The van der Waals surface area contributed by atoms with Crippen LogP contribution >= 0.6 is 0 Å². The summed E-state index contributed by atoms with van der Waals surface area (Å²) in [5.74, 6) is 1.36. The molecule has 0 aliphatic carbocycles. The van der Waals surface area contributed by atoms with Crippen LogP contribution < -0.4 is 9.47 Å². The molecule has 4 heteroatoms. The first-order chi connectivity index (χ1) is 8.69. The third kappa shape index (κ3) is 3.60. The molecule has 0 spiro atoms. The van der Waals surface area contributed by atoms with Gasteiger partial charge in [0.15, 0.2) is 17.3 Å². The van der Waals surface area contributed by atoms with Gasteiger partial charge in [-0.25, -0.2) is 0 Å². The minimum Gasteiger partial charge on any atom is -0.493 e. The Bertz CT molecular complexity index is 461. The number of carbonyl (C=O) groups is 1. The molecule has 0 saturated carbocycles. The molecule has 0 aromatic heterocycles. The van der Waals surface area contributed by atoms with Crippen LogP contribution in [0.25, 0.3) is 6.08 Å². The number of methoxy groups -OCH3 is 1. The predicted molar refractivity (Wildman–Crippen MR) is 67.9 cm³/mol. The summed E-state index contributed by atoms with van der Waals surface area (Å²) in [6.07, 6.45) is 3.48. The minimum atomic E-state index is 0.0141. The lowest BCUT2D eigenvalue weighted by atomic mass is 10.1. The number of carbonyl (C=O) groups excluding carboxylic acids is 1. The van der Waals surface area contributed by atoms with Gasteiger partial charge in [0.05, 0.1) is 13.7 Å². The first-order valence-electron chi connectivity index (χ1n) is 5.80. The Hall–Kier alpha value is -1.81. The zero-order valence-electron chi connectivity index (χ0n) is 10.5. The Morgan fingerprint density at radius 1 is 1.50 bits per heavy atom. The highest BCUT2D eigenvalue weighted by Gasteiger charge is 2.23. The number of hydrogen-bond acceptors (Lipinski definition) is 4. The molecule has 18 heavy (non-hydrogen) atoms. The van der Waals surface area contributed by atoms with Crippen LogP contribution in [-0.2, 0) is 9.53 Å². The van der Waals surface area contributed by atoms with Crippen LogP contribution in [-0.4, -0.2) is 32.2 Å². The van der Waals surface area contributed by atoms with Crippen LogP contribution in [0, 0.1) is 0 Å². The molecule has 1 aliphatic heterocycles. The summed E-state index contributed by atoms with van der Waals surface area (Å²) in [6, 6.07) is 5.55. The van der Waals surface area contributed by atoms with Crippen LogP contribution in [0.15, 0.2) is 24.3 Å². The predicted octanol–water partition coefficient (Wildman–Crippen LogP) is 2.07. The molecule has 0 radical (unpaired) electrons. The highest BCUT2D eigenvalue weighted by Crippen LogP contribution is 2.29. The molecule has 96 valence electrons. The van der Waals surface area contributed by atoms with E-state index in [0.29, 0.717) is 18.1 Å². The molecule has 0 N–H and O–H groups in total. The van der Waals surface area contributed by atoms with Gasteiger partial charge in [-0.1, -0.05) is 12.1 Å². The van der Waals surface area contributed by atoms with Crippen molar-refractivity contribution in [3.05, 3.63) is 29.8 Å². The standard InChI is InChI=1S/C14H16O4/c1-10(15)3-4-11-5-6-13(14(7-11)16-2)18-9-12-8-17-12/h3-7,12H,8-9H2,1-2H3/b4-3+. The van der Waals surface area contributed by atoms with Crippen molar-refractivity contribution in [2.24, 2.45) is 0 Å². The normalized spacial score (nSPS) is 17.8. The fourth-order valence-electron chi connectivity index (χ4n) is 1.47. The SMILES string of the molecule is COc1cc(/C=C/C(C)=O)ccc1OCC1CO1. The van der Waals surface area contributed by atoms with Crippen molar-refractivity contribution in [1.29, 1.82) is 0 Å². The maximum Gasteiger partial charge on any atom is 0.161 e. The van der Waals surface area contributed by atoms with E-state index >= 15 is 0 Å². The molecular weight excluding hydrogens is 232 g/mol. The molecule has 0 amide bonds. The first kappa shape index (κ1) is 12.6. The van der Waals surface area contributed by atoms with E-state index in [4.69, 9.17) is 14.2 Å². The zero-order chi connectivity index (χ0) is 13.0. The lowest BCUT2D eigenvalue weighted by molar-refractivity contribution is -0.112. The monoisotopic (exact) mass is 248 g/mol. The highest BCUT2D eigenvalue weighted by molar-refractivity contribution is 5.91. The van der Waals surface area contributed by atoms with E-state index in [1.807, 2.05) is 18.2 Å². The minimum absolute atomic E-state index is 0.0141. The second-order valence-electron chi connectivity index (χ2n) is 4.12. The summed E-state index contributed by atoms with van der Waals surface area (Å²) >= 11 is 0. The van der Waals surface area contributed by atoms with E-state index in [1.54, 1.807) is 13.2 Å². The Balaban J connectivity index is 2.08. The van der Waals surface area contributed by atoms with Crippen LogP contribution in [0.2, 0.25) is 0 Å². The van der Waals surface area contributed by atoms with Crippen molar-refractivity contribution in [3.8, 4) is 11.5 Å². The van der Waals surface area contributed by atoms with Crippen molar-refractivity contribution in [2.45, 2.75) is 13.0 Å². The van der Waals surface area contributed by atoms with Gasteiger partial charge in [-0.2, -0.15) is 0 Å². The van der Waals surface area contributed by atoms with Crippen molar-refractivity contribution >= 4 is 11.9 Å². The summed E-state index contributed by atoms with van der Waals surface area (Å²) in [4.78, 5) is 10.9. The highest BCUT2D eigenvalue weighted by atomic mass is 16.6. The number of hydrogen-bond donors (Lipinski definition) is 0. The maximum atomic E-state index is 10.9. The van der Waals surface area contributed by atoms with E-state index in [9.17, 15) is 4.79 Å². The van der Waals surface area contributed by atoms with Gasteiger partial charge in [-0.3, -0.25) is 4.79 Å². The quantitative estimate of drug-likeness (QED) is 0.571. The fourth-order valence-corrected chi connectivity index (χ4v) is 1.47. The Morgan fingerprint density at radius 3 is 2.89 bits per heavy atom. The summed E-state index contributed by atoms with van der Waals surface area (Å²) < 4.78 is 15.9. The average molecular weight is 248 g/mol. The summed E-state index contributed by atoms with van der Waals surface area (Å²) in [6.45, 7) is 2.82. The number of benzene rings is 1. The van der Waals surface area contributed by atoms with Crippen LogP contribution in [0.4, 0.5) is 0 Å². The lowest BCUT2D eigenvalue weighted by Gasteiger charge is -2.10. The topological polar surface area (TPSA) is 48.1 Å². The molecule has 1 aromatic carbocycles. The lowest BCUT2D eigenvalue weighted by Crippen LogP contribution is -2.05. The molecule has 1 heterocycles. The fraction of sp³-hybridized carbons (Fsp3) is 0.357. The summed E-state index contributed by atoms with van der Waals surface area (Å²) in [5, 5.41) is 0. The van der Waals surface area contributed by atoms with Crippen molar-refractivity contribution < 1.29 is 19.0 Å². The molecule has 1 aromatic rings. The Labute approximate surface area is 106 Å². The number of epoxide rings is 1. The van der Waals surface area contributed by atoms with E-state index in [0.717, 1.165) is 12.2 Å². The van der Waals surface area contributed by atoms with Gasteiger partial charge in [0, 0.05) is 0 Å². The van der Waals surface area contributed by atoms with Gasteiger partial charge >= 0.3 is 0 Å². The van der Waals surface area contributed by atoms with Crippen molar-refractivity contribution in [3.63, 3.8) is 0 Å². The molecule has 1 aliphatic rings. The van der Waals surface area contributed by atoms with Crippen LogP contribution in [0.1, 0.15) is 12.5 Å². The Morgan fingerprint density at radius 2 is 2.28 bits per heavy atom. The average Bonchev–Trinajstić information content (AvgIpc) is 3.18. The van der Waals surface area contributed by atoms with Gasteiger partial charge < -0.3 is 14.2 Å². The van der Waals surface area contributed by atoms with Gasteiger partial charge in [-0.05, 0) is 30.7 Å². The van der Waals surface area contributed by atoms with E-state index < -0.39 is 0 Å². The number of rotatable bonds is 6. The molecule has 0 bridgehead atoms. The third-order valence-corrected chi connectivity index (χ3v) is 2.53. The second kappa shape index (κ2) is 5.69. The molecule has 2 rings (SSSR count). The third-order valence-electron chi connectivity index (χ3n) is 2.53. The van der Waals surface area contributed by atoms with Crippen molar-refractivity contribution in [1.82, 2.24) is 0 Å². The first-order valence-corrected chi connectivity index (χ1v) is 5.80. The van der Waals surface area contributed by atoms with E-state index in [1.165, 1.54) is 13.0 Å². The maximum absolute atomic E-state index is 10.9. The largest absolute Gasteiger partial charge is 0.493 e. The molecule has 1 atom stereocenters. The molecule has 1 saturated heterocycles. The van der Waals surface area contributed by atoms with Crippen LogP contribution in [0.5, 0.6) is 11.5 Å². The summed E-state index contributed by atoms with van der Waals surface area (Å²) in [5.41, 5.74) is 0.900. The summed E-state index contributed by atoms with van der Waals surface area (Å²) in [7, 11) is 1.59. The van der Waals surface area contributed by atoms with Gasteiger partial charge in [0.2, 0.25) is 0 Å². The zero-order valence-corrected chi connectivity index (χ0v) is 10.5. The molecule has 4 nitrogen and oxygen atoms in total. The number of ether oxygens (including phenoxy) is 3. The molecule has 1 unspecified atom stereocenters. The van der Waals surface area contributed by atoms with Crippen LogP contribution in [0.3, 0.4) is 0 Å². The van der Waals surface area contributed by atoms with E-state index in [-0.39, 0.29) is 11.9 Å². The van der Waals surface area contributed by atoms with E-state index in [2.05, 4.69) is 0 Å². The van der Waals surface area contributed by atoms with Gasteiger partial charge in [0.25, 0.3) is 0 Å². The number of ketones is 1. The smallest absolute Gasteiger partial charge is 0.161 e. The van der Waals surface area contributed by atoms with Gasteiger partial charge in [0.1, 0.15) is 12.7 Å². The molecular formula is C14H16O4. The molecule has 1 fully saturated rings. The number of allylic oxidation sites excluding steroid dienone is 1.